The normalized spacial score (nSPS) is 18.6. The number of fused-ring (bicyclic) bond motifs is 1. The second-order valence-corrected chi connectivity index (χ2v) is 4.64. The highest BCUT2D eigenvalue weighted by molar-refractivity contribution is 5.88. The van der Waals surface area contributed by atoms with Crippen LogP contribution in [0, 0.1) is 0 Å². The van der Waals surface area contributed by atoms with Gasteiger partial charge in [-0.05, 0) is 12.5 Å². The van der Waals surface area contributed by atoms with Crippen LogP contribution in [0.5, 0.6) is 5.75 Å². The van der Waals surface area contributed by atoms with Crippen LogP contribution in [-0.2, 0) is 9.59 Å². The Morgan fingerprint density at radius 2 is 2.15 bits per heavy atom. The molecule has 6 nitrogen and oxygen atoms in total. The smallest absolute Gasteiger partial charge is 0.326 e. The van der Waals surface area contributed by atoms with Crippen molar-refractivity contribution >= 4 is 11.9 Å². The molecule has 0 aromatic heterocycles. The molecule has 0 saturated heterocycles. The summed E-state index contributed by atoms with van der Waals surface area (Å²) in [5.74, 6) is -1.25. The van der Waals surface area contributed by atoms with Crippen molar-refractivity contribution in [3.05, 3.63) is 29.8 Å². The maximum absolute atomic E-state index is 12.2. The van der Waals surface area contributed by atoms with Crippen LogP contribution in [0.1, 0.15) is 24.3 Å². The molecular weight excluding hydrogens is 262 g/mol. The summed E-state index contributed by atoms with van der Waals surface area (Å²) in [6.45, 7) is 0.133. The summed E-state index contributed by atoms with van der Waals surface area (Å²) in [6, 6.07) is 6.17. The van der Waals surface area contributed by atoms with Gasteiger partial charge in [-0.1, -0.05) is 18.2 Å². The van der Waals surface area contributed by atoms with E-state index >= 15 is 0 Å². The van der Waals surface area contributed by atoms with Crippen molar-refractivity contribution < 1.29 is 24.5 Å². The fourth-order valence-corrected chi connectivity index (χ4v) is 2.27. The second kappa shape index (κ2) is 6.38. The predicted molar refractivity (Wildman–Crippen MR) is 70.6 cm³/mol. The van der Waals surface area contributed by atoms with Crippen LogP contribution in [0.15, 0.2) is 24.3 Å². The van der Waals surface area contributed by atoms with Crippen molar-refractivity contribution in [3.63, 3.8) is 0 Å². The fourth-order valence-electron chi connectivity index (χ4n) is 2.27. The lowest BCUT2D eigenvalue weighted by molar-refractivity contribution is -0.142. The van der Waals surface area contributed by atoms with Gasteiger partial charge in [0.15, 0.2) is 0 Å². The Balaban J connectivity index is 2.12. The van der Waals surface area contributed by atoms with Crippen LogP contribution in [0.2, 0.25) is 0 Å². The van der Waals surface area contributed by atoms with Crippen molar-refractivity contribution in [1.29, 1.82) is 0 Å². The van der Waals surface area contributed by atoms with Crippen LogP contribution < -0.4 is 10.1 Å². The van der Waals surface area contributed by atoms with E-state index in [9.17, 15) is 9.59 Å². The number of aliphatic hydroxyl groups excluding tert-OH is 1. The monoisotopic (exact) mass is 279 g/mol. The molecule has 6 heteroatoms. The van der Waals surface area contributed by atoms with E-state index < -0.39 is 17.9 Å². The number of aliphatic carboxylic acids is 1. The minimum Gasteiger partial charge on any atom is -0.493 e. The van der Waals surface area contributed by atoms with E-state index in [0.29, 0.717) is 18.8 Å². The van der Waals surface area contributed by atoms with Gasteiger partial charge in [-0.2, -0.15) is 0 Å². The van der Waals surface area contributed by atoms with E-state index in [1.165, 1.54) is 0 Å². The van der Waals surface area contributed by atoms with Crippen molar-refractivity contribution in [2.24, 2.45) is 0 Å². The number of benzene rings is 1. The summed E-state index contributed by atoms with van der Waals surface area (Å²) in [7, 11) is 0. The van der Waals surface area contributed by atoms with Crippen molar-refractivity contribution in [2.75, 3.05) is 13.2 Å². The summed E-state index contributed by atoms with van der Waals surface area (Å²) >= 11 is 0. The Kier molecular flexibility index (Phi) is 4.57. The fraction of sp³-hybridized carbons (Fsp3) is 0.429. The maximum atomic E-state index is 12.2. The molecule has 1 aliphatic heterocycles. The molecule has 1 heterocycles. The first-order valence-electron chi connectivity index (χ1n) is 6.49. The van der Waals surface area contributed by atoms with Gasteiger partial charge in [-0.25, -0.2) is 4.79 Å². The summed E-state index contributed by atoms with van der Waals surface area (Å²) in [5.41, 5.74) is 0.768. The van der Waals surface area contributed by atoms with Gasteiger partial charge in [-0.15, -0.1) is 0 Å². The van der Waals surface area contributed by atoms with Gasteiger partial charge < -0.3 is 20.3 Å². The zero-order chi connectivity index (χ0) is 14.5. The van der Waals surface area contributed by atoms with Gasteiger partial charge in [0.05, 0.1) is 12.5 Å². The van der Waals surface area contributed by atoms with Gasteiger partial charge in [0, 0.05) is 18.6 Å². The van der Waals surface area contributed by atoms with Crippen LogP contribution in [-0.4, -0.2) is 41.3 Å². The number of para-hydroxylation sites is 1. The highest BCUT2D eigenvalue weighted by Crippen LogP contribution is 2.33. The molecule has 0 spiro atoms. The molecule has 2 atom stereocenters. The van der Waals surface area contributed by atoms with Crippen LogP contribution in [0.25, 0.3) is 0 Å². The highest BCUT2D eigenvalue weighted by Gasteiger charge is 2.30. The average Bonchev–Trinajstić information content (AvgIpc) is 2.46. The number of carboxylic acids is 1. The Hall–Kier alpha value is -2.08. The quantitative estimate of drug-likeness (QED) is 0.729. The maximum Gasteiger partial charge on any atom is 0.326 e. The Morgan fingerprint density at radius 3 is 2.85 bits per heavy atom. The number of carbonyl (C=O) groups is 2. The number of hydrogen-bond acceptors (Lipinski definition) is 4. The van der Waals surface area contributed by atoms with E-state index in [1.807, 2.05) is 12.1 Å². The van der Waals surface area contributed by atoms with Crippen molar-refractivity contribution in [3.8, 4) is 5.75 Å². The van der Waals surface area contributed by atoms with Gasteiger partial charge >= 0.3 is 5.97 Å². The van der Waals surface area contributed by atoms with Crippen LogP contribution in [0.4, 0.5) is 0 Å². The first-order chi connectivity index (χ1) is 9.63. The van der Waals surface area contributed by atoms with E-state index in [-0.39, 0.29) is 18.9 Å². The number of rotatable bonds is 5. The van der Waals surface area contributed by atoms with E-state index in [0.717, 1.165) is 5.56 Å². The molecule has 1 aromatic carbocycles. The lowest BCUT2D eigenvalue weighted by atomic mass is 9.92. The topological polar surface area (TPSA) is 95.9 Å². The first kappa shape index (κ1) is 14.3. The zero-order valence-electron chi connectivity index (χ0n) is 10.9. The highest BCUT2D eigenvalue weighted by atomic mass is 16.5. The number of nitrogens with one attached hydrogen (secondary N) is 1. The number of ether oxygens (including phenoxy) is 1. The Bertz CT molecular complexity index is 502. The molecule has 0 bridgehead atoms. The number of hydrogen-bond donors (Lipinski definition) is 3. The van der Waals surface area contributed by atoms with Gasteiger partial charge in [-0.3, -0.25) is 4.79 Å². The molecule has 1 amide bonds. The third-order valence-corrected chi connectivity index (χ3v) is 3.31. The lowest BCUT2D eigenvalue weighted by Gasteiger charge is -2.26. The molecule has 2 rings (SSSR count). The molecule has 20 heavy (non-hydrogen) atoms. The second-order valence-electron chi connectivity index (χ2n) is 4.64. The van der Waals surface area contributed by atoms with Crippen LogP contribution in [0.3, 0.4) is 0 Å². The standard InChI is InChI=1S/C14H17NO5/c16-7-5-11(14(18)19)15-13(17)10-6-8-20-12-4-2-1-3-9(10)12/h1-4,10-11,16H,5-8H2,(H,15,17)(H,18,19). The average molecular weight is 279 g/mol. The van der Waals surface area contributed by atoms with Gasteiger partial charge in [0.1, 0.15) is 11.8 Å². The zero-order valence-corrected chi connectivity index (χ0v) is 10.9. The molecule has 3 N–H and O–H groups in total. The molecule has 108 valence electrons. The molecule has 2 unspecified atom stereocenters. The predicted octanol–water partition coefficient (Wildman–Crippen LogP) is 0.504. The van der Waals surface area contributed by atoms with Crippen molar-refractivity contribution in [1.82, 2.24) is 5.32 Å². The Morgan fingerprint density at radius 1 is 1.40 bits per heavy atom. The number of amides is 1. The van der Waals surface area contributed by atoms with E-state index in [4.69, 9.17) is 14.9 Å². The Labute approximate surface area is 116 Å². The molecular formula is C14H17NO5. The summed E-state index contributed by atoms with van der Waals surface area (Å²) in [4.78, 5) is 23.2. The molecule has 1 aliphatic rings. The SMILES string of the molecule is O=C(O)C(CCO)NC(=O)C1CCOc2ccccc21. The minimum atomic E-state index is -1.15. The van der Waals surface area contributed by atoms with E-state index in [1.54, 1.807) is 12.1 Å². The summed E-state index contributed by atoms with van der Waals surface area (Å²) < 4.78 is 5.47. The lowest BCUT2D eigenvalue weighted by Crippen LogP contribution is -2.44. The molecule has 0 aliphatic carbocycles. The van der Waals surface area contributed by atoms with Gasteiger partial charge in [0.2, 0.25) is 5.91 Å². The molecule has 0 saturated carbocycles. The largest absolute Gasteiger partial charge is 0.493 e. The third kappa shape index (κ3) is 3.08. The molecule has 1 aromatic rings. The third-order valence-electron chi connectivity index (χ3n) is 3.31. The van der Waals surface area contributed by atoms with Crippen molar-refractivity contribution in [2.45, 2.75) is 24.8 Å². The van der Waals surface area contributed by atoms with E-state index in [2.05, 4.69) is 5.32 Å². The molecule has 0 fully saturated rings. The summed E-state index contributed by atoms with van der Waals surface area (Å²) in [5, 5.41) is 20.3. The first-order valence-corrected chi connectivity index (χ1v) is 6.49. The minimum absolute atomic E-state index is 0.00800. The number of carbonyl (C=O) groups excluding carboxylic acids is 1. The van der Waals surface area contributed by atoms with Gasteiger partial charge in [0.25, 0.3) is 0 Å². The van der Waals surface area contributed by atoms with Crippen LogP contribution >= 0.6 is 0 Å². The molecule has 0 radical (unpaired) electrons. The number of aliphatic hydroxyl groups is 1. The number of carboxylic acid groups (broad SMARTS) is 1. The summed E-state index contributed by atoms with van der Waals surface area (Å²) in [6.07, 6.45) is 0.500.